The van der Waals surface area contributed by atoms with Gasteiger partial charge in [-0.05, 0) is 6.07 Å². The highest BCUT2D eigenvalue weighted by Gasteiger charge is 2.14. The number of hydrogen-bond acceptors (Lipinski definition) is 4. The molecule has 20 heavy (non-hydrogen) atoms. The molecule has 4 nitrogen and oxygen atoms in total. The minimum Gasteiger partial charge on any atom is -0.481 e. The maximum Gasteiger partial charge on any atom is 0.313 e. The van der Waals surface area contributed by atoms with Crippen molar-refractivity contribution in [2.24, 2.45) is 0 Å². The normalized spacial score (nSPS) is 10.8. The van der Waals surface area contributed by atoms with Crippen LogP contribution in [0.3, 0.4) is 0 Å². The van der Waals surface area contributed by atoms with E-state index in [1.807, 2.05) is 0 Å². The minimum absolute atomic E-state index is 0.0315. The zero-order chi connectivity index (χ0) is 14.5. The molecular formula is C13H10F2N2O2S. The molecule has 0 aliphatic heterocycles. The molecule has 1 aromatic carbocycles. The number of thioether (sulfide) groups is 1. The summed E-state index contributed by atoms with van der Waals surface area (Å²) in [5.74, 6) is -1.33. The molecule has 0 amide bonds. The fourth-order valence-electron chi connectivity index (χ4n) is 1.50. The highest BCUT2D eigenvalue weighted by molar-refractivity contribution is 7.99. The Morgan fingerprint density at radius 2 is 1.95 bits per heavy atom. The number of aliphatic carboxylic acids is 1. The number of carbonyl (C=O) groups is 1. The van der Waals surface area contributed by atoms with Gasteiger partial charge in [-0.2, -0.15) is 0 Å². The number of carboxylic acid groups (broad SMARTS) is 1. The van der Waals surface area contributed by atoms with Crippen molar-refractivity contribution >= 4 is 17.7 Å². The molecule has 0 aliphatic carbocycles. The van der Waals surface area contributed by atoms with Crippen LogP contribution < -0.4 is 0 Å². The fraction of sp³-hybridized carbons (Fsp3) is 0.154. The summed E-state index contributed by atoms with van der Waals surface area (Å²) in [6.07, 6.45) is -2.73. The second-order valence-corrected chi connectivity index (χ2v) is 4.75. The molecule has 1 N–H and O–H groups in total. The van der Waals surface area contributed by atoms with Crippen molar-refractivity contribution in [3.8, 4) is 11.3 Å². The van der Waals surface area contributed by atoms with E-state index in [9.17, 15) is 13.6 Å². The Labute approximate surface area is 117 Å². The van der Waals surface area contributed by atoms with Crippen molar-refractivity contribution in [3.63, 3.8) is 0 Å². The molecule has 2 rings (SSSR count). The number of hydrogen-bond donors (Lipinski definition) is 1. The zero-order valence-electron chi connectivity index (χ0n) is 10.2. The van der Waals surface area contributed by atoms with Crippen LogP contribution in [-0.2, 0) is 4.79 Å². The molecule has 0 unspecified atom stereocenters. The number of carboxylic acids is 1. The van der Waals surface area contributed by atoms with E-state index in [-0.39, 0.29) is 10.9 Å². The average Bonchev–Trinajstić information content (AvgIpc) is 2.45. The fourth-order valence-corrected chi connectivity index (χ4v) is 2.09. The molecule has 0 spiro atoms. The monoisotopic (exact) mass is 296 g/mol. The van der Waals surface area contributed by atoms with Gasteiger partial charge in [0.1, 0.15) is 5.69 Å². The van der Waals surface area contributed by atoms with Gasteiger partial charge in [-0.15, -0.1) is 0 Å². The largest absolute Gasteiger partial charge is 0.481 e. The molecule has 0 saturated heterocycles. The van der Waals surface area contributed by atoms with Gasteiger partial charge in [0.25, 0.3) is 6.43 Å². The number of halogens is 2. The van der Waals surface area contributed by atoms with E-state index in [1.165, 1.54) is 6.07 Å². The third-order valence-electron chi connectivity index (χ3n) is 2.34. The van der Waals surface area contributed by atoms with Crippen LogP contribution in [0.15, 0.2) is 41.6 Å². The van der Waals surface area contributed by atoms with Crippen molar-refractivity contribution in [2.75, 3.05) is 5.75 Å². The topological polar surface area (TPSA) is 63.1 Å². The Balaban J connectivity index is 2.38. The lowest BCUT2D eigenvalue weighted by Crippen LogP contribution is -2.02. The molecule has 0 atom stereocenters. The van der Waals surface area contributed by atoms with E-state index in [0.29, 0.717) is 11.3 Å². The summed E-state index contributed by atoms with van der Waals surface area (Å²) in [7, 11) is 0. The maximum atomic E-state index is 12.8. The summed E-state index contributed by atoms with van der Waals surface area (Å²) in [6, 6.07) is 10.0. The lowest BCUT2D eigenvalue weighted by atomic mass is 10.1. The van der Waals surface area contributed by atoms with Gasteiger partial charge in [-0.25, -0.2) is 18.7 Å². The molecule has 7 heteroatoms. The van der Waals surface area contributed by atoms with Gasteiger partial charge in [0, 0.05) is 5.56 Å². The van der Waals surface area contributed by atoms with Gasteiger partial charge in [0.15, 0.2) is 5.16 Å². The second kappa shape index (κ2) is 6.42. The smallest absolute Gasteiger partial charge is 0.313 e. The van der Waals surface area contributed by atoms with Crippen molar-refractivity contribution in [1.82, 2.24) is 9.97 Å². The summed E-state index contributed by atoms with van der Waals surface area (Å²) in [6.45, 7) is 0. The summed E-state index contributed by atoms with van der Waals surface area (Å²) in [5, 5.41) is 8.65. The highest BCUT2D eigenvalue weighted by Crippen LogP contribution is 2.26. The van der Waals surface area contributed by atoms with Gasteiger partial charge >= 0.3 is 5.97 Å². The van der Waals surface area contributed by atoms with Crippen LogP contribution in [0.4, 0.5) is 8.78 Å². The van der Waals surface area contributed by atoms with E-state index >= 15 is 0 Å². The predicted octanol–water partition coefficient (Wildman–Crippen LogP) is 3.26. The Morgan fingerprint density at radius 1 is 1.25 bits per heavy atom. The summed E-state index contributed by atoms with van der Waals surface area (Å²) in [4.78, 5) is 18.3. The Morgan fingerprint density at radius 3 is 2.55 bits per heavy atom. The molecule has 0 aliphatic rings. The van der Waals surface area contributed by atoms with Crippen LogP contribution >= 0.6 is 11.8 Å². The Hall–Kier alpha value is -2.02. The third-order valence-corrected chi connectivity index (χ3v) is 3.18. The number of nitrogens with zero attached hydrogens (tertiary/aromatic N) is 2. The lowest BCUT2D eigenvalue weighted by Gasteiger charge is -2.07. The number of aromatic nitrogens is 2. The zero-order valence-corrected chi connectivity index (χ0v) is 11.0. The van der Waals surface area contributed by atoms with E-state index in [2.05, 4.69) is 9.97 Å². The van der Waals surface area contributed by atoms with Crippen LogP contribution in [0.25, 0.3) is 11.3 Å². The Bertz CT molecular complexity index is 609. The first-order valence-corrected chi connectivity index (χ1v) is 6.62. The van der Waals surface area contributed by atoms with Gasteiger partial charge < -0.3 is 5.11 Å². The van der Waals surface area contributed by atoms with Crippen LogP contribution in [-0.4, -0.2) is 26.8 Å². The number of alkyl halides is 2. The number of rotatable bonds is 5. The van der Waals surface area contributed by atoms with E-state index in [4.69, 9.17) is 5.11 Å². The molecule has 0 fully saturated rings. The first-order chi connectivity index (χ1) is 9.56. The average molecular weight is 296 g/mol. The van der Waals surface area contributed by atoms with E-state index < -0.39 is 18.1 Å². The molecule has 0 radical (unpaired) electrons. The second-order valence-electron chi connectivity index (χ2n) is 3.81. The quantitative estimate of drug-likeness (QED) is 0.678. The van der Waals surface area contributed by atoms with Crippen molar-refractivity contribution in [3.05, 3.63) is 42.1 Å². The molecule has 2 aromatic rings. The van der Waals surface area contributed by atoms with Crippen LogP contribution in [0, 0.1) is 0 Å². The molecule has 0 bridgehead atoms. The van der Waals surface area contributed by atoms with Crippen LogP contribution in [0.5, 0.6) is 0 Å². The van der Waals surface area contributed by atoms with Gasteiger partial charge in [-0.3, -0.25) is 4.79 Å². The summed E-state index contributed by atoms with van der Waals surface area (Å²) in [5.41, 5.74) is 0.615. The first-order valence-electron chi connectivity index (χ1n) is 5.63. The Kier molecular flexibility index (Phi) is 4.62. The molecule has 104 valence electrons. The van der Waals surface area contributed by atoms with Gasteiger partial charge in [0.2, 0.25) is 0 Å². The van der Waals surface area contributed by atoms with E-state index in [0.717, 1.165) is 11.8 Å². The van der Waals surface area contributed by atoms with Crippen LogP contribution in [0.1, 0.15) is 12.1 Å². The molecule has 0 saturated carbocycles. The minimum atomic E-state index is -2.73. The maximum absolute atomic E-state index is 12.8. The summed E-state index contributed by atoms with van der Waals surface area (Å²) >= 11 is 0.814. The van der Waals surface area contributed by atoms with Crippen molar-refractivity contribution < 1.29 is 18.7 Å². The van der Waals surface area contributed by atoms with Crippen molar-refractivity contribution in [2.45, 2.75) is 11.6 Å². The van der Waals surface area contributed by atoms with Gasteiger partial charge in [-0.1, -0.05) is 42.1 Å². The van der Waals surface area contributed by atoms with E-state index in [1.54, 1.807) is 30.3 Å². The van der Waals surface area contributed by atoms with Crippen LogP contribution in [0.2, 0.25) is 0 Å². The SMILES string of the molecule is O=C(O)CSc1nc(-c2ccccc2)cc(C(F)F)n1. The summed E-state index contributed by atoms with van der Waals surface area (Å²) < 4.78 is 25.7. The highest BCUT2D eigenvalue weighted by atomic mass is 32.2. The van der Waals surface area contributed by atoms with Gasteiger partial charge in [0.05, 0.1) is 11.4 Å². The number of benzene rings is 1. The standard InChI is InChI=1S/C13H10F2N2O2S/c14-12(15)10-6-9(8-4-2-1-3-5-8)16-13(17-10)20-7-11(18)19/h1-6,12H,7H2,(H,18,19). The molecular weight excluding hydrogens is 286 g/mol. The lowest BCUT2D eigenvalue weighted by molar-refractivity contribution is -0.133. The molecule has 1 aromatic heterocycles. The molecule has 1 heterocycles. The predicted molar refractivity (Wildman–Crippen MR) is 70.8 cm³/mol. The van der Waals surface area contributed by atoms with Crippen molar-refractivity contribution in [1.29, 1.82) is 0 Å². The first kappa shape index (κ1) is 14.4. The third kappa shape index (κ3) is 3.74.